The van der Waals surface area contributed by atoms with E-state index in [1.54, 1.807) is 0 Å². The van der Waals surface area contributed by atoms with Gasteiger partial charge in [-0.3, -0.25) is 0 Å². The van der Waals surface area contributed by atoms with Crippen molar-refractivity contribution in [3.05, 3.63) is 70.8 Å². The molecule has 0 atom stereocenters. The van der Waals surface area contributed by atoms with Crippen LogP contribution in [0.1, 0.15) is 77.6 Å². The number of rotatable bonds is 8. The molecule has 0 bridgehead atoms. The molecule has 0 aliphatic carbocycles. The van der Waals surface area contributed by atoms with Crippen molar-refractivity contribution in [2.75, 3.05) is 13.2 Å². The minimum Gasteiger partial charge on any atom is -0.371 e. The van der Waals surface area contributed by atoms with E-state index in [9.17, 15) is 0 Å². The van der Waals surface area contributed by atoms with E-state index in [0.717, 1.165) is 0 Å². The Morgan fingerprint density at radius 2 is 0.778 bits per heavy atom. The second kappa shape index (κ2) is 8.16. The van der Waals surface area contributed by atoms with Gasteiger partial charge in [0.25, 0.3) is 0 Å². The SMILES string of the molecule is CCOC(C)(C)c1ccc(C(C)(C)c2ccc(C(C)(C)OCC)cc2)cc1. The van der Waals surface area contributed by atoms with Crippen molar-refractivity contribution in [1.29, 1.82) is 0 Å². The number of hydrogen-bond donors (Lipinski definition) is 0. The molecule has 0 unspecified atom stereocenters. The van der Waals surface area contributed by atoms with Crippen molar-refractivity contribution >= 4 is 0 Å². The van der Waals surface area contributed by atoms with Gasteiger partial charge in [0.05, 0.1) is 11.2 Å². The first-order chi connectivity index (χ1) is 12.5. The first-order valence-electron chi connectivity index (χ1n) is 10.0. The summed E-state index contributed by atoms with van der Waals surface area (Å²) in [5, 5.41) is 0. The first-order valence-corrected chi connectivity index (χ1v) is 10.0. The van der Waals surface area contributed by atoms with Crippen LogP contribution in [0.3, 0.4) is 0 Å². The highest BCUT2D eigenvalue weighted by atomic mass is 16.5. The molecule has 2 heteroatoms. The Morgan fingerprint density at radius 1 is 0.519 bits per heavy atom. The van der Waals surface area contributed by atoms with Gasteiger partial charge >= 0.3 is 0 Å². The lowest BCUT2D eigenvalue weighted by molar-refractivity contribution is -0.0143. The third kappa shape index (κ3) is 4.80. The van der Waals surface area contributed by atoms with Gasteiger partial charge in [-0.15, -0.1) is 0 Å². The minimum absolute atomic E-state index is 0.0669. The topological polar surface area (TPSA) is 18.5 Å². The maximum Gasteiger partial charge on any atom is 0.0875 e. The van der Waals surface area contributed by atoms with Gasteiger partial charge in [-0.1, -0.05) is 62.4 Å². The summed E-state index contributed by atoms with van der Waals surface area (Å²) in [6.07, 6.45) is 0. The zero-order valence-electron chi connectivity index (χ0n) is 18.3. The highest BCUT2D eigenvalue weighted by Crippen LogP contribution is 2.35. The summed E-state index contributed by atoms with van der Waals surface area (Å²) in [6.45, 7) is 18.5. The molecule has 0 aliphatic rings. The molecule has 0 N–H and O–H groups in total. The summed E-state index contributed by atoms with van der Waals surface area (Å²) >= 11 is 0. The summed E-state index contributed by atoms with van der Waals surface area (Å²) in [5.41, 5.74) is 4.43. The highest BCUT2D eigenvalue weighted by Gasteiger charge is 2.27. The highest BCUT2D eigenvalue weighted by molar-refractivity contribution is 5.41. The average molecular weight is 369 g/mol. The van der Waals surface area contributed by atoms with E-state index >= 15 is 0 Å². The molecule has 2 aromatic rings. The lowest BCUT2D eigenvalue weighted by atomic mass is 9.77. The van der Waals surface area contributed by atoms with E-state index in [0.29, 0.717) is 13.2 Å². The Kier molecular flexibility index (Phi) is 6.55. The predicted octanol–water partition coefficient (Wildman–Crippen LogP) is 6.56. The van der Waals surface area contributed by atoms with E-state index in [1.165, 1.54) is 22.3 Å². The van der Waals surface area contributed by atoms with Crippen LogP contribution in [0, 0.1) is 0 Å². The molecule has 0 spiro atoms. The fraction of sp³-hybridized carbons (Fsp3) is 0.520. The standard InChI is InChI=1S/C25H36O2/c1-9-26-24(5,6)21-15-11-19(12-16-21)23(3,4)20-13-17-22(18-14-20)25(7,8)27-10-2/h11-18H,9-10H2,1-8H3. The molecule has 27 heavy (non-hydrogen) atoms. The van der Waals surface area contributed by atoms with E-state index in [-0.39, 0.29) is 16.6 Å². The quantitative estimate of drug-likeness (QED) is 0.525. The molecule has 0 fully saturated rings. The Morgan fingerprint density at radius 3 is 1.04 bits per heavy atom. The largest absolute Gasteiger partial charge is 0.371 e. The second-order valence-corrected chi connectivity index (χ2v) is 8.67. The lowest BCUT2D eigenvalue weighted by Crippen LogP contribution is -2.24. The summed E-state index contributed by atoms with van der Waals surface area (Å²) in [4.78, 5) is 0. The molecule has 0 radical (unpaired) electrons. The summed E-state index contributed by atoms with van der Waals surface area (Å²) in [5.74, 6) is 0. The third-order valence-corrected chi connectivity index (χ3v) is 5.61. The van der Waals surface area contributed by atoms with Gasteiger partial charge in [-0.2, -0.15) is 0 Å². The lowest BCUT2D eigenvalue weighted by Gasteiger charge is -2.30. The van der Waals surface area contributed by atoms with Crippen molar-refractivity contribution in [3.63, 3.8) is 0 Å². The number of ether oxygens (including phenoxy) is 2. The fourth-order valence-corrected chi connectivity index (χ4v) is 3.63. The van der Waals surface area contributed by atoms with Crippen molar-refractivity contribution in [2.45, 2.75) is 72.0 Å². The van der Waals surface area contributed by atoms with Gasteiger partial charge in [-0.25, -0.2) is 0 Å². The summed E-state index contributed by atoms with van der Waals surface area (Å²) < 4.78 is 11.8. The zero-order valence-corrected chi connectivity index (χ0v) is 18.3. The Hall–Kier alpha value is -1.64. The van der Waals surface area contributed by atoms with Crippen molar-refractivity contribution in [2.24, 2.45) is 0 Å². The van der Waals surface area contributed by atoms with Crippen molar-refractivity contribution in [1.82, 2.24) is 0 Å². The molecule has 2 nitrogen and oxygen atoms in total. The van der Waals surface area contributed by atoms with Crippen LogP contribution in [-0.2, 0) is 26.1 Å². The molecule has 148 valence electrons. The Bertz CT molecular complexity index is 658. The van der Waals surface area contributed by atoms with Crippen LogP contribution in [0.5, 0.6) is 0 Å². The van der Waals surface area contributed by atoms with Crippen LogP contribution >= 0.6 is 0 Å². The number of hydrogen-bond acceptors (Lipinski definition) is 2. The van der Waals surface area contributed by atoms with Gasteiger partial charge in [0.2, 0.25) is 0 Å². The van der Waals surface area contributed by atoms with E-state index < -0.39 is 0 Å². The van der Waals surface area contributed by atoms with Crippen LogP contribution in [0.15, 0.2) is 48.5 Å². The van der Waals surface area contributed by atoms with Crippen LogP contribution < -0.4 is 0 Å². The summed E-state index contributed by atoms with van der Waals surface area (Å²) in [7, 11) is 0. The fourth-order valence-electron chi connectivity index (χ4n) is 3.63. The van der Waals surface area contributed by atoms with Gasteiger partial charge < -0.3 is 9.47 Å². The molecule has 0 saturated heterocycles. The van der Waals surface area contributed by atoms with Crippen LogP contribution in [0.25, 0.3) is 0 Å². The zero-order chi connectivity index (χ0) is 20.3. The van der Waals surface area contributed by atoms with Crippen molar-refractivity contribution in [3.8, 4) is 0 Å². The molecule has 0 saturated carbocycles. The first kappa shape index (κ1) is 21.7. The van der Waals surface area contributed by atoms with Crippen LogP contribution in [0.4, 0.5) is 0 Å². The molecule has 2 aromatic carbocycles. The Labute approximate surface area is 165 Å². The van der Waals surface area contributed by atoms with Crippen LogP contribution in [0.2, 0.25) is 0 Å². The molecule has 0 aliphatic heterocycles. The minimum atomic E-state index is -0.260. The van der Waals surface area contributed by atoms with Gasteiger partial charge in [0.1, 0.15) is 0 Å². The van der Waals surface area contributed by atoms with Gasteiger partial charge in [-0.05, 0) is 63.8 Å². The third-order valence-electron chi connectivity index (χ3n) is 5.61. The average Bonchev–Trinajstić information content (AvgIpc) is 2.62. The van der Waals surface area contributed by atoms with E-state index in [1.807, 2.05) is 13.8 Å². The van der Waals surface area contributed by atoms with E-state index in [4.69, 9.17) is 9.47 Å². The van der Waals surface area contributed by atoms with Gasteiger partial charge in [0.15, 0.2) is 0 Å². The maximum atomic E-state index is 5.88. The molecule has 0 amide bonds. The molecule has 2 rings (SSSR count). The molecule has 0 heterocycles. The maximum absolute atomic E-state index is 5.88. The van der Waals surface area contributed by atoms with E-state index in [2.05, 4.69) is 90.1 Å². The second-order valence-electron chi connectivity index (χ2n) is 8.67. The van der Waals surface area contributed by atoms with Crippen molar-refractivity contribution < 1.29 is 9.47 Å². The summed E-state index contributed by atoms with van der Waals surface area (Å²) in [6, 6.07) is 17.7. The normalized spacial score (nSPS) is 13.0. The monoisotopic (exact) mass is 368 g/mol. The molecule has 0 aromatic heterocycles. The molecular formula is C25H36O2. The number of benzene rings is 2. The van der Waals surface area contributed by atoms with Gasteiger partial charge in [0, 0.05) is 18.6 Å². The smallest absolute Gasteiger partial charge is 0.0875 e. The predicted molar refractivity (Wildman–Crippen MR) is 114 cm³/mol. The Balaban J connectivity index is 2.27. The van der Waals surface area contributed by atoms with Crippen LogP contribution in [-0.4, -0.2) is 13.2 Å². The molecular weight excluding hydrogens is 332 g/mol.